The minimum absolute atomic E-state index is 0.169. The fourth-order valence-corrected chi connectivity index (χ4v) is 2.84. The van der Waals surface area contributed by atoms with E-state index in [1.165, 1.54) is 0 Å². The first-order valence-corrected chi connectivity index (χ1v) is 9.56. The number of carbonyl (C=O) groups is 1. The van der Waals surface area contributed by atoms with Gasteiger partial charge in [0.25, 0.3) is 5.91 Å². The van der Waals surface area contributed by atoms with E-state index < -0.39 is 0 Å². The molecule has 0 unspecified atom stereocenters. The molecular formula is C23H25NO5. The predicted octanol–water partition coefficient (Wildman–Crippen LogP) is 4.88. The van der Waals surface area contributed by atoms with Gasteiger partial charge >= 0.3 is 0 Å². The maximum absolute atomic E-state index is 12.6. The van der Waals surface area contributed by atoms with Crippen LogP contribution in [-0.2, 0) is 6.61 Å². The Bertz CT molecular complexity index is 963. The highest BCUT2D eigenvalue weighted by Gasteiger charge is 2.13. The molecule has 0 spiro atoms. The van der Waals surface area contributed by atoms with Crippen LogP contribution in [0.2, 0.25) is 0 Å². The Hall–Kier alpha value is -3.25. The molecule has 2 aromatic carbocycles. The summed E-state index contributed by atoms with van der Waals surface area (Å²) >= 11 is 0. The number of nitrogens with one attached hydrogen (secondary N) is 1. The second kappa shape index (κ2) is 9.80. The Morgan fingerprint density at radius 2 is 2.00 bits per heavy atom. The van der Waals surface area contributed by atoms with Crippen molar-refractivity contribution >= 4 is 11.6 Å². The Labute approximate surface area is 170 Å². The van der Waals surface area contributed by atoms with E-state index in [9.17, 15) is 9.90 Å². The number of carbonyl (C=O) groups excluding carboxylic acids is 1. The first-order chi connectivity index (χ1) is 14.1. The Morgan fingerprint density at radius 1 is 1.14 bits per heavy atom. The quantitative estimate of drug-likeness (QED) is 0.505. The second-order valence-electron chi connectivity index (χ2n) is 6.52. The lowest BCUT2D eigenvalue weighted by Gasteiger charge is -2.11. The smallest absolute Gasteiger partial charge is 0.255 e. The van der Waals surface area contributed by atoms with Gasteiger partial charge < -0.3 is 24.3 Å². The number of amides is 1. The van der Waals surface area contributed by atoms with Crippen LogP contribution in [0, 0.1) is 0 Å². The molecule has 1 amide bonds. The zero-order valence-electron chi connectivity index (χ0n) is 16.6. The van der Waals surface area contributed by atoms with Crippen molar-refractivity contribution in [1.29, 1.82) is 0 Å². The Morgan fingerprint density at radius 3 is 2.72 bits per heavy atom. The number of rotatable bonds is 9. The summed E-state index contributed by atoms with van der Waals surface area (Å²) in [5.74, 6) is 2.05. The highest BCUT2D eigenvalue weighted by molar-refractivity contribution is 6.04. The van der Waals surface area contributed by atoms with Gasteiger partial charge in [0.1, 0.15) is 29.6 Å². The third-order valence-corrected chi connectivity index (χ3v) is 4.41. The molecule has 0 aliphatic rings. The summed E-state index contributed by atoms with van der Waals surface area (Å²) in [7, 11) is 1.55. The van der Waals surface area contributed by atoms with E-state index in [0.717, 1.165) is 18.4 Å². The molecule has 0 radical (unpaired) electrons. The molecule has 2 N–H and O–H groups in total. The minimum Gasteiger partial charge on any atom is -0.496 e. The lowest BCUT2D eigenvalue weighted by Crippen LogP contribution is -2.12. The van der Waals surface area contributed by atoms with Crippen LogP contribution in [0.25, 0.3) is 11.3 Å². The zero-order chi connectivity index (χ0) is 20.6. The van der Waals surface area contributed by atoms with Gasteiger partial charge in [0.2, 0.25) is 0 Å². The van der Waals surface area contributed by atoms with Crippen LogP contribution in [-0.4, -0.2) is 24.7 Å². The van der Waals surface area contributed by atoms with Gasteiger partial charge in [-0.2, -0.15) is 0 Å². The van der Waals surface area contributed by atoms with Gasteiger partial charge in [-0.05, 0) is 48.9 Å². The lowest BCUT2D eigenvalue weighted by atomic mass is 10.1. The summed E-state index contributed by atoms with van der Waals surface area (Å²) in [6.07, 6.45) is 2.02. The molecule has 1 heterocycles. The van der Waals surface area contributed by atoms with E-state index in [2.05, 4.69) is 12.2 Å². The molecule has 152 valence electrons. The highest BCUT2D eigenvalue weighted by atomic mass is 16.5. The van der Waals surface area contributed by atoms with Gasteiger partial charge in [0.05, 0.1) is 19.3 Å². The minimum atomic E-state index is -0.235. The average molecular weight is 395 g/mol. The Kier molecular flexibility index (Phi) is 6.92. The van der Waals surface area contributed by atoms with Crippen LogP contribution in [0.1, 0.15) is 35.9 Å². The first kappa shape index (κ1) is 20.5. The SMILES string of the molecule is CCCCOc1cccc(C(=O)Nc2ccc(-c3ccc(CO)o3)c(OC)c2)c1. The standard InChI is InChI=1S/C23H25NO5/c1-3-4-12-28-18-7-5-6-16(13-18)23(26)24-17-8-10-20(22(14-17)27-2)21-11-9-19(15-25)29-21/h5-11,13-14,25H,3-4,12,15H2,1-2H3,(H,24,26). The number of aliphatic hydroxyl groups is 1. The lowest BCUT2D eigenvalue weighted by molar-refractivity contribution is 0.102. The predicted molar refractivity (Wildman–Crippen MR) is 111 cm³/mol. The molecule has 6 heteroatoms. The van der Waals surface area contributed by atoms with Crippen molar-refractivity contribution in [3.63, 3.8) is 0 Å². The number of ether oxygens (including phenoxy) is 2. The zero-order valence-corrected chi connectivity index (χ0v) is 16.6. The van der Waals surface area contributed by atoms with E-state index in [1.54, 1.807) is 55.6 Å². The molecule has 0 aliphatic carbocycles. The first-order valence-electron chi connectivity index (χ1n) is 9.56. The van der Waals surface area contributed by atoms with Crippen molar-refractivity contribution in [1.82, 2.24) is 0 Å². The van der Waals surface area contributed by atoms with E-state index in [-0.39, 0.29) is 12.5 Å². The number of hydrogen-bond donors (Lipinski definition) is 2. The molecule has 0 fully saturated rings. The topological polar surface area (TPSA) is 80.9 Å². The van der Waals surface area contributed by atoms with Crippen molar-refractivity contribution in [2.45, 2.75) is 26.4 Å². The van der Waals surface area contributed by atoms with Crippen molar-refractivity contribution in [2.75, 3.05) is 19.0 Å². The van der Waals surface area contributed by atoms with Gasteiger partial charge in [-0.25, -0.2) is 0 Å². The summed E-state index contributed by atoms with van der Waals surface area (Å²) in [5, 5.41) is 12.1. The van der Waals surface area contributed by atoms with Crippen LogP contribution in [0.4, 0.5) is 5.69 Å². The second-order valence-corrected chi connectivity index (χ2v) is 6.52. The molecule has 0 bridgehead atoms. The van der Waals surface area contributed by atoms with Crippen LogP contribution < -0.4 is 14.8 Å². The summed E-state index contributed by atoms with van der Waals surface area (Å²) < 4.78 is 16.7. The monoisotopic (exact) mass is 395 g/mol. The van der Waals surface area contributed by atoms with E-state index >= 15 is 0 Å². The van der Waals surface area contributed by atoms with Crippen LogP contribution >= 0.6 is 0 Å². The fraction of sp³-hybridized carbons (Fsp3) is 0.261. The number of anilines is 1. The van der Waals surface area contributed by atoms with Crippen LogP contribution in [0.5, 0.6) is 11.5 Å². The molecule has 29 heavy (non-hydrogen) atoms. The molecule has 6 nitrogen and oxygen atoms in total. The molecule has 0 saturated heterocycles. The van der Waals surface area contributed by atoms with E-state index in [1.807, 2.05) is 6.07 Å². The number of methoxy groups -OCH3 is 1. The summed E-state index contributed by atoms with van der Waals surface area (Å²) in [6.45, 7) is 2.56. The van der Waals surface area contributed by atoms with Crippen LogP contribution in [0.3, 0.4) is 0 Å². The summed E-state index contributed by atoms with van der Waals surface area (Å²) in [6, 6.07) is 15.9. The van der Waals surface area contributed by atoms with Gasteiger partial charge in [-0.3, -0.25) is 4.79 Å². The average Bonchev–Trinajstić information content (AvgIpc) is 3.23. The molecule has 3 rings (SSSR count). The molecule has 1 aromatic heterocycles. The van der Waals surface area contributed by atoms with E-state index in [0.29, 0.717) is 40.9 Å². The third-order valence-electron chi connectivity index (χ3n) is 4.41. The van der Waals surface area contributed by atoms with Gasteiger partial charge in [-0.15, -0.1) is 0 Å². The number of aliphatic hydroxyl groups excluding tert-OH is 1. The van der Waals surface area contributed by atoms with Crippen molar-refractivity contribution < 1.29 is 23.8 Å². The summed E-state index contributed by atoms with van der Waals surface area (Å²) in [5.41, 5.74) is 1.85. The summed E-state index contributed by atoms with van der Waals surface area (Å²) in [4.78, 5) is 12.6. The largest absolute Gasteiger partial charge is 0.496 e. The van der Waals surface area contributed by atoms with Crippen LogP contribution in [0.15, 0.2) is 59.0 Å². The molecule has 0 aliphatic heterocycles. The van der Waals surface area contributed by atoms with Gasteiger partial charge in [0.15, 0.2) is 0 Å². The molecule has 3 aromatic rings. The maximum atomic E-state index is 12.6. The number of furan rings is 1. The van der Waals surface area contributed by atoms with E-state index in [4.69, 9.17) is 13.9 Å². The number of benzene rings is 2. The van der Waals surface area contributed by atoms with Crippen molar-refractivity contribution in [3.05, 3.63) is 65.9 Å². The van der Waals surface area contributed by atoms with Crippen molar-refractivity contribution in [3.8, 4) is 22.8 Å². The fourth-order valence-electron chi connectivity index (χ4n) is 2.84. The highest BCUT2D eigenvalue weighted by Crippen LogP contribution is 2.33. The van der Waals surface area contributed by atoms with Gasteiger partial charge in [0, 0.05) is 17.3 Å². The molecule has 0 atom stereocenters. The normalized spacial score (nSPS) is 10.6. The number of hydrogen-bond acceptors (Lipinski definition) is 5. The van der Waals surface area contributed by atoms with Gasteiger partial charge in [-0.1, -0.05) is 19.4 Å². The molecule has 0 saturated carbocycles. The molecular weight excluding hydrogens is 370 g/mol. The Balaban J connectivity index is 1.74. The third kappa shape index (κ3) is 5.18. The number of unbranched alkanes of at least 4 members (excludes halogenated alkanes) is 1. The van der Waals surface area contributed by atoms with Crippen molar-refractivity contribution in [2.24, 2.45) is 0 Å². The maximum Gasteiger partial charge on any atom is 0.255 e.